The molecule has 0 saturated carbocycles. The molecule has 2 aliphatic rings. The number of nitrogens with zero attached hydrogens (tertiary/aromatic N) is 2. The lowest BCUT2D eigenvalue weighted by Gasteiger charge is -2.24. The van der Waals surface area contributed by atoms with E-state index in [2.05, 4.69) is 5.32 Å². The third kappa shape index (κ3) is 2.67. The quantitative estimate of drug-likeness (QED) is 0.877. The summed E-state index contributed by atoms with van der Waals surface area (Å²) in [6.07, 6.45) is 3.63. The second kappa shape index (κ2) is 6.39. The van der Waals surface area contributed by atoms with Gasteiger partial charge in [-0.2, -0.15) is 0 Å². The summed E-state index contributed by atoms with van der Waals surface area (Å²) in [6, 6.07) is 3.26. The number of piperidine rings is 1. The average molecular weight is 359 g/mol. The van der Waals surface area contributed by atoms with Crippen molar-refractivity contribution >= 4 is 22.6 Å². The monoisotopic (exact) mass is 359 g/mol. The molecule has 3 heterocycles. The Morgan fingerprint density at radius 3 is 2.88 bits per heavy atom. The maximum absolute atomic E-state index is 14.8. The van der Waals surface area contributed by atoms with E-state index in [4.69, 9.17) is 0 Å². The molecular weight excluding hydrogens is 337 g/mol. The third-order valence-corrected chi connectivity index (χ3v) is 5.66. The number of aromatic nitrogens is 1. The van der Waals surface area contributed by atoms with Gasteiger partial charge in [0.1, 0.15) is 11.4 Å². The number of hydrogen-bond acceptors (Lipinski definition) is 4. The van der Waals surface area contributed by atoms with Gasteiger partial charge >= 0.3 is 5.97 Å². The molecule has 2 atom stereocenters. The zero-order valence-electron chi connectivity index (χ0n) is 14.7. The van der Waals surface area contributed by atoms with Crippen LogP contribution in [0.25, 0.3) is 10.9 Å². The van der Waals surface area contributed by atoms with Crippen LogP contribution >= 0.6 is 0 Å². The molecule has 0 spiro atoms. The Labute approximate surface area is 150 Å². The van der Waals surface area contributed by atoms with E-state index < -0.39 is 17.2 Å². The lowest BCUT2D eigenvalue weighted by atomic mass is 9.94. The molecule has 26 heavy (non-hydrogen) atoms. The van der Waals surface area contributed by atoms with Crippen LogP contribution < -0.4 is 15.6 Å². The Morgan fingerprint density at radius 1 is 1.38 bits per heavy atom. The number of anilines is 1. The van der Waals surface area contributed by atoms with Gasteiger partial charge in [0.15, 0.2) is 0 Å². The van der Waals surface area contributed by atoms with Crippen molar-refractivity contribution in [1.82, 2.24) is 9.88 Å². The molecule has 2 aliphatic heterocycles. The smallest absolute Gasteiger partial charge is 0.341 e. The number of carbonyl (C=O) groups is 1. The van der Waals surface area contributed by atoms with Crippen molar-refractivity contribution in [2.45, 2.75) is 32.4 Å². The Morgan fingerprint density at radius 2 is 2.19 bits per heavy atom. The van der Waals surface area contributed by atoms with Gasteiger partial charge in [-0.15, -0.1) is 0 Å². The Hall–Kier alpha value is -2.41. The van der Waals surface area contributed by atoms with Crippen LogP contribution in [-0.4, -0.2) is 41.3 Å². The molecule has 2 unspecified atom stereocenters. The second-order valence-electron chi connectivity index (χ2n) is 7.15. The van der Waals surface area contributed by atoms with Gasteiger partial charge in [-0.1, -0.05) is 0 Å². The highest BCUT2D eigenvalue weighted by Gasteiger charge is 2.35. The molecule has 4 rings (SSSR count). The van der Waals surface area contributed by atoms with Crippen LogP contribution in [-0.2, 0) is 6.54 Å². The summed E-state index contributed by atoms with van der Waals surface area (Å²) in [7, 11) is 0. The van der Waals surface area contributed by atoms with Gasteiger partial charge in [0, 0.05) is 37.3 Å². The highest BCUT2D eigenvalue weighted by Crippen LogP contribution is 2.32. The molecule has 2 fully saturated rings. The van der Waals surface area contributed by atoms with Crippen molar-refractivity contribution in [3.8, 4) is 0 Å². The van der Waals surface area contributed by atoms with E-state index in [1.807, 2.05) is 11.8 Å². The third-order valence-electron chi connectivity index (χ3n) is 5.66. The molecule has 0 radical (unpaired) electrons. The topological polar surface area (TPSA) is 74.6 Å². The van der Waals surface area contributed by atoms with Gasteiger partial charge in [0.25, 0.3) is 0 Å². The van der Waals surface area contributed by atoms with Crippen LogP contribution in [0.5, 0.6) is 0 Å². The predicted molar refractivity (Wildman–Crippen MR) is 97.5 cm³/mol. The summed E-state index contributed by atoms with van der Waals surface area (Å²) in [5, 5.41) is 12.9. The molecule has 0 bridgehead atoms. The van der Waals surface area contributed by atoms with E-state index in [-0.39, 0.29) is 10.9 Å². The van der Waals surface area contributed by atoms with Crippen molar-refractivity contribution in [2.24, 2.45) is 5.92 Å². The summed E-state index contributed by atoms with van der Waals surface area (Å²) in [4.78, 5) is 25.8. The highest BCUT2D eigenvalue weighted by molar-refractivity contribution is 5.93. The van der Waals surface area contributed by atoms with Crippen LogP contribution in [0.15, 0.2) is 23.1 Å². The number of carboxylic acid groups (broad SMARTS) is 1. The zero-order valence-corrected chi connectivity index (χ0v) is 14.7. The first kappa shape index (κ1) is 17.0. The number of hydrogen-bond donors (Lipinski definition) is 2. The Kier molecular flexibility index (Phi) is 4.19. The number of carboxylic acids is 1. The van der Waals surface area contributed by atoms with Gasteiger partial charge in [-0.05, 0) is 44.4 Å². The maximum atomic E-state index is 14.8. The van der Waals surface area contributed by atoms with Gasteiger partial charge in [0.05, 0.1) is 11.2 Å². The molecule has 2 N–H and O–H groups in total. The van der Waals surface area contributed by atoms with Crippen molar-refractivity contribution in [2.75, 3.05) is 24.5 Å². The molecule has 1 aromatic heterocycles. The number of rotatable bonds is 3. The van der Waals surface area contributed by atoms with Crippen LogP contribution in [0.1, 0.15) is 30.1 Å². The zero-order chi connectivity index (χ0) is 18.4. The SMILES string of the molecule is CCn1cc(C(=O)O)c(=O)c2cc(F)c(N3CC4CCCNC4C3)cc21. The molecule has 7 heteroatoms. The van der Waals surface area contributed by atoms with Crippen LogP contribution in [0.4, 0.5) is 10.1 Å². The summed E-state index contributed by atoms with van der Waals surface area (Å²) < 4.78 is 16.5. The lowest BCUT2D eigenvalue weighted by Crippen LogP contribution is -2.40. The van der Waals surface area contributed by atoms with E-state index in [0.29, 0.717) is 29.7 Å². The summed E-state index contributed by atoms with van der Waals surface area (Å²) in [5.41, 5.74) is 0.0856. The summed E-state index contributed by atoms with van der Waals surface area (Å²) in [5.74, 6) is -1.25. The molecule has 138 valence electrons. The molecule has 2 saturated heterocycles. The van der Waals surface area contributed by atoms with E-state index in [1.165, 1.54) is 12.3 Å². The normalized spacial score (nSPS) is 22.6. The van der Waals surface area contributed by atoms with E-state index in [9.17, 15) is 19.1 Å². The van der Waals surface area contributed by atoms with Crippen molar-refractivity contribution in [3.05, 3.63) is 39.9 Å². The Bertz CT molecular complexity index is 926. The number of fused-ring (bicyclic) bond motifs is 2. The molecule has 6 nitrogen and oxygen atoms in total. The molecule has 2 aromatic rings. The largest absolute Gasteiger partial charge is 0.477 e. The minimum atomic E-state index is -1.29. The van der Waals surface area contributed by atoms with Gasteiger partial charge in [-0.3, -0.25) is 4.79 Å². The fraction of sp³-hybridized carbons (Fsp3) is 0.474. The second-order valence-corrected chi connectivity index (χ2v) is 7.15. The molecule has 0 aliphatic carbocycles. The predicted octanol–water partition coefficient (Wildman–Crippen LogP) is 2.05. The van der Waals surface area contributed by atoms with E-state index >= 15 is 0 Å². The van der Waals surface area contributed by atoms with Gasteiger partial charge < -0.3 is 19.9 Å². The molecule has 0 amide bonds. The first-order chi connectivity index (χ1) is 12.5. The highest BCUT2D eigenvalue weighted by atomic mass is 19.1. The van der Waals surface area contributed by atoms with Crippen LogP contribution in [0.2, 0.25) is 0 Å². The lowest BCUT2D eigenvalue weighted by molar-refractivity contribution is 0.0695. The molecule has 1 aromatic carbocycles. The van der Waals surface area contributed by atoms with Crippen LogP contribution in [0.3, 0.4) is 0 Å². The fourth-order valence-electron chi connectivity index (χ4n) is 4.30. The number of nitrogens with one attached hydrogen (secondary N) is 1. The number of pyridine rings is 1. The van der Waals surface area contributed by atoms with Crippen molar-refractivity contribution in [3.63, 3.8) is 0 Å². The van der Waals surface area contributed by atoms with Crippen molar-refractivity contribution < 1.29 is 14.3 Å². The summed E-state index contributed by atoms with van der Waals surface area (Å²) >= 11 is 0. The van der Waals surface area contributed by atoms with E-state index in [0.717, 1.165) is 32.5 Å². The van der Waals surface area contributed by atoms with E-state index in [1.54, 1.807) is 10.6 Å². The first-order valence-corrected chi connectivity index (χ1v) is 9.08. The minimum absolute atomic E-state index is 0.114. The standard InChI is InChI=1S/C19H22FN3O3/c1-2-22-9-13(19(25)26)18(24)12-6-14(20)17(7-16(12)22)23-8-11-4-3-5-21-15(11)10-23/h6-7,9,11,15,21H,2-5,8,10H2,1H3,(H,25,26). The summed E-state index contributed by atoms with van der Waals surface area (Å²) in [6.45, 7) is 4.91. The molecular formula is C19H22FN3O3. The number of halogens is 1. The van der Waals surface area contributed by atoms with Crippen LogP contribution in [0, 0.1) is 11.7 Å². The van der Waals surface area contributed by atoms with Gasteiger partial charge in [-0.25, -0.2) is 9.18 Å². The fourth-order valence-corrected chi connectivity index (χ4v) is 4.30. The van der Waals surface area contributed by atoms with Gasteiger partial charge in [0.2, 0.25) is 5.43 Å². The van der Waals surface area contributed by atoms with Crippen molar-refractivity contribution in [1.29, 1.82) is 0 Å². The number of benzene rings is 1. The maximum Gasteiger partial charge on any atom is 0.341 e. The number of aryl methyl sites for hydroxylation is 1. The average Bonchev–Trinajstić information content (AvgIpc) is 3.05. The Balaban J connectivity index is 1.83. The number of aromatic carboxylic acids is 1. The first-order valence-electron chi connectivity index (χ1n) is 9.08. The minimum Gasteiger partial charge on any atom is -0.477 e.